The van der Waals surface area contributed by atoms with Crippen LogP contribution in [0.2, 0.25) is 0 Å². The number of nitrogens with zero attached hydrogens (tertiary/aromatic N) is 4. The topological polar surface area (TPSA) is 76.9 Å². The molecule has 2 N–H and O–H groups in total. The van der Waals surface area contributed by atoms with Gasteiger partial charge in [-0.3, -0.25) is 0 Å². The van der Waals surface area contributed by atoms with Crippen molar-refractivity contribution in [2.45, 2.75) is 50.9 Å². The van der Waals surface area contributed by atoms with Crippen molar-refractivity contribution < 1.29 is 4.74 Å². The second-order valence-corrected chi connectivity index (χ2v) is 8.12. The Kier molecular flexibility index (Phi) is 5.46. The van der Waals surface area contributed by atoms with Crippen LogP contribution in [-0.4, -0.2) is 39.9 Å². The zero-order valence-corrected chi connectivity index (χ0v) is 17.3. The molecule has 2 unspecified atom stereocenters. The van der Waals surface area contributed by atoms with Crippen molar-refractivity contribution in [3.05, 3.63) is 59.2 Å². The lowest BCUT2D eigenvalue weighted by molar-refractivity contribution is 0.303. The Morgan fingerprint density at radius 3 is 2.97 bits per heavy atom. The summed E-state index contributed by atoms with van der Waals surface area (Å²) in [6, 6.07) is 15.8. The third kappa shape index (κ3) is 3.70. The van der Waals surface area contributed by atoms with Gasteiger partial charge in [0.15, 0.2) is 5.82 Å². The molecule has 2 aliphatic rings. The van der Waals surface area contributed by atoms with Crippen LogP contribution in [0.5, 0.6) is 5.75 Å². The molecular weight excluding hydrogens is 376 g/mol. The molecule has 0 amide bonds. The quantitative estimate of drug-likeness (QED) is 0.681. The Hall–Kier alpha value is -2.77. The largest absolute Gasteiger partial charge is 0.496 e. The molecule has 1 fully saturated rings. The molecule has 3 aromatic rings. The van der Waals surface area contributed by atoms with Crippen molar-refractivity contribution in [1.82, 2.24) is 30.8 Å². The highest BCUT2D eigenvalue weighted by Crippen LogP contribution is 2.33. The maximum absolute atomic E-state index is 5.76. The Labute approximate surface area is 176 Å². The summed E-state index contributed by atoms with van der Waals surface area (Å²) in [6.45, 7) is 2.65. The summed E-state index contributed by atoms with van der Waals surface area (Å²) in [5, 5.41) is 19.8. The van der Waals surface area contributed by atoms with E-state index in [-0.39, 0.29) is 0 Å². The normalized spacial score (nSPS) is 20.8. The zero-order valence-electron chi connectivity index (χ0n) is 17.3. The zero-order chi connectivity index (χ0) is 20.3. The molecule has 7 nitrogen and oxygen atoms in total. The third-order valence-corrected chi connectivity index (χ3v) is 6.27. The van der Waals surface area contributed by atoms with Crippen LogP contribution >= 0.6 is 0 Å². The van der Waals surface area contributed by atoms with Gasteiger partial charge in [0.1, 0.15) is 5.75 Å². The molecule has 0 spiro atoms. The van der Waals surface area contributed by atoms with E-state index >= 15 is 0 Å². The lowest BCUT2D eigenvalue weighted by atomic mass is 9.92. The SMILES string of the molecule is COc1cc2c(cc1CNC1CCCNC1c1ccccc1)-c1nnnn1CCC2. The van der Waals surface area contributed by atoms with E-state index in [1.54, 1.807) is 7.11 Å². The first-order chi connectivity index (χ1) is 14.8. The number of fused-ring (bicyclic) bond motifs is 3. The van der Waals surface area contributed by atoms with Gasteiger partial charge in [0, 0.05) is 36.3 Å². The third-order valence-electron chi connectivity index (χ3n) is 6.27. The summed E-state index contributed by atoms with van der Waals surface area (Å²) >= 11 is 0. The highest BCUT2D eigenvalue weighted by molar-refractivity contribution is 5.64. The van der Waals surface area contributed by atoms with Gasteiger partial charge < -0.3 is 15.4 Å². The first-order valence-electron chi connectivity index (χ1n) is 10.8. The van der Waals surface area contributed by atoms with Gasteiger partial charge in [-0.05, 0) is 65.9 Å². The van der Waals surface area contributed by atoms with Crippen LogP contribution in [0.1, 0.15) is 42.0 Å². The van der Waals surface area contributed by atoms with Crippen molar-refractivity contribution in [3.63, 3.8) is 0 Å². The number of nitrogens with one attached hydrogen (secondary N) is 2. The first kappa shape index (κ1) is 19.2. The number of piperidine rings is 1. The number of hydrogen-bond donors (Lipinski definition) is 2. The van der Waals surface area contributed by atoms with Gasteiger partial charge in [-0.1, -0.05) is 30.3 Å². The smallest absolute Gasteiger partial charge is 0.182 e. The van der Waals surface area contributed by atoms with Crippen LogP contribution in [0.3, 0.4) is 0 Å². The van der Waals surface area contributed by atoms with Crippen LogP contribution in [-0.2, 0) is 19.5 Å². The van der Waals surface area contributed by atoms with Crippen molar-refractivity contribution in [2.75, 3.05) is 13.7 Å². The molecular formula is C23H28N6O. The molecule has 7 heteroatoms. The highest BCUT2D eigenvalue weighted by atomic mass is 16.5. The summed E-state index contributed by atoms with van der Waals surface area (Å²) in [6.07, 6.45) is 4.35. The molecule has 2 aromatic carbocycles. The number of aryl methyl sites for hydroxylation is 2. The Bertz CT molecular complexity index is 1000. The minimum Gasteiger partial charge on any atom is -0.496 e. The maximum atomic E-state index is 5.76. The fourth-order valence-electron chi connectivity index (χ4n) is 4.74. The molecule has 0 aliphatic carbocycles. The molecule has 156 valence electrons. The highest BCUT2D eigenvalue weighted by Gasteiger charge is 2.26. The number of tetrazole rings is 1. The lowest BCUT2D eigenvalue weighted by Gasteiger charge is -2.34. The number of ether oxygens (including phenoxy) is 1. The molecule has 3 heterocycles. The molecule has 2 atom stereocenters. The summed E-state index contributed by atoms with van der Waals surface area (Å²) in [4.78, 5) is 0. The average molecular weight is 405 g/mol. The van der Waals surface area contributed by atoms with Crippen LogP contribution in [0, 0.1) is 0 Å². The number of hydrogen-bond acceptors (Lipinski definition) is 6. The van der Waals surface area contributed by atoms with Gasteiger partial charge in [0.25, 0.3) is 0 Å². The number of methoxy groups -OCH3 is 1. The lowest BCUT2D eigenvalue weighted by Crippen LogP contribution is -2.45. The van der Waals surface area contributed by atoms with E-state index in [1.165, 1.54) is 17.5 Å². The van der Waals surface area contributed by atoms with E-state index in [4.69, 9.17) is 4.74 Å². The summed E-state index contributed by atoms with van der Waals surface area (Å²) in [5.41, 5.74) is 4.86. The van der Waals surface area contributed by atoms with E-state index in [9.17, 15) is 0 Å². The minimum absolute atomic E-state index is 0.319. The summed E-state index contributed by atoms with van der Waals surface area (Å²) in [7, 11) is 1.75. The Balaban J connectivity index is 1.41. The van der Waals surface area contributed by atoms with Crippen molar-refractivity contribution in [3.8, 4) is 17.1 Å². The Morgan fingerprint density at radius 1 is 1.20 bits per heavy atom. The van der Waals surface area contributed by atoms with Gasteiger partial charge >= 0.3 is 0 Å². The van der Waals surface area contributed by atoms with Gasteiger partial charge in [-0.2, -0.15) is 0 Å². The van der Waals surface area contributed by atoms with Crippen molar-refractivity contribution in [1.29, 1.82) is 0 Å². The van der Waals surface area contributed by atoms with E-state index in [1.807, 2.05) is 4.68 Å². The maximum Gasteiger partial charge on any atom is 0.182 e. The van der Waals surface area contributed by atoms with Gasteiger partial charge in [0.2, 0.25) is 0 Å². The minimum atomic E-state index is 0.319. The monoisotopic (exact) mass is 404 g/mol. The molecule has 2 aliphatic heterocycles. The van der Waals surface area contributed by atoms with E-state index in [0.29, 0.717) is 12.1 Å². The van der Waals surface area contributed by atoms with Crippen molar-refractivity contribution >= 4 is 0 Å². The molecule has 5 rings (SSSR count). The van der Waals surface area contributed by atoms with Gasteiger partial charge in [-0.25, -0.2) is 4.68 Å². The predicted molar refractivity (Wildman–Crippen MR) is 115 cm³/mol. The van der Waals surface area contributed by atoms with Gasteiger partial charge in [0.05, 0.1) is 7.11 Å². The number of rotatable bonds is 5. The number of aromatic nitrogens is 4. The fourth-order valence-corrected chi connectivity index (χ4v) is 4.74. The molecule has 0 saturated carbocycles. The average Bonchev–Trinajstić information content (AvgIpc) is 3.20. The van der Waals surface area contributed by atoms with E-state index in [0.717, 1.165) is 61.6 Å². The van der Waals surface area contributed by atoms with Crippen molar-refractivity contribution in [2.24, 2.45) is 0 Å². The Morgan fingerprint density at radius 2 is 2.10 bits per heavy atom. The van der Waals surface area contributed by atoms with Crippen LogP contribution in [0.15, 0.2) is 42.5 Å². The van der Waals surface area contributed by atoms with Crippen LogP contribution in [0.4, 0.5) is 0 Å². The predicted octanol–water partition coefficient (Wildman–Crippen LogP) is 2.88. The second kappa shape index (κ2) is 8.53. The van der Waals surface area contributed by atoms with E-state index < -0.39 is 0 Å². The summed E-state index contributed by atoms with van der Waals surface area (Å²) < 4.78 is 7.67. The molecule has 0 bridgehead atoms. The molecule has 1 saturated heterocycles. The van der Waals surface area contributed by atoms with Gasteiger partial charge in [-0.15, -0.1) is 5.10 Å². The number of benzene rings is 2. The van der Waals surface area contributed by atoms with Crippen LogP contribution in [0.25, 0.3) is 11.4 Å². The standard InChI is InChI=1S/C23H28N6O/c1-30-21-14-17-9-6-12-29-23(26-27-28-29)19(17)13-18(21)15-25-20-10-5-11-24-22(20)16-7-3-2-4-8-16/h2-4,7-8,13-14,20,22,24-25H,5-6,9-12,15H2,1H3. The summed E-state index contributed by atoms with van der Waals surface area (Å²) in [5.74, 6) is 1.79. The van der Waals surface area contributed by atoms with E-state index in [2.05, 4.69) is 68.6 Å². The fraction of sp³-hybridized carbons (Fsp3) is 0.435. The molecule has 1 aromatic heterocycles. The second-order valence-electron chi connectivity index (χ2n) is 8.12. The molecule has 30 heavy (non-hydrogen) atoms. The molecule has 0 radical (unpaired) electrons. The first-order valence-corrected chi connectivity index (χ1v) is 10.8. The van der Waals surface area contributed by atoms with Crippen LogP contribution < -0.4 is 15.4 Å².